The maximum Gasteiger partial charge on any atom is 0.387 e. The van der Waals surface area contributed by atoms with Crippen LogP contribution in [0.3, 0.4) is 0 Å². The highest BCUT2D eigenvalue weighted by atomic mass is 19.3. The minimum absolute atomic E-state index is 0.0600. The maximum absolute atomic E-state index is 11.9. The summed E-state index contributed by atoms with van der Waals surface area (Å²) in [7, 11) is 1.57. The molecule has 0 saturated heterocycles. The summed E-state index contributed by atoms with van der Waals surface area (Å²) in [5, 5.41) is 5.49. The Morgan fingerprint density at radius 1 is 1.35 bits per heavy atom. The van der Waals surface area contributed by atoms with E-state index >= 15 is 0 Å². The van der Waals surface area contributed by atoms with Crippen LogP contribution in [-0.4, -0.2) is 26.1 Å². The van der Waals surface area contributed by atoms with Gasteiger partial charge in [-0.25, -0.2) is 0 Å². The van der Waals surface area contributed by atoms with Gasteiger partial charge in [-0.15, -0.1) is 0 Å². The maximum atomic E-state index is 11.9. The van der Waals surface area contributed by atoms with Crippen molar-refractivity contribution < 1.29 is 18.3 Å². The number of nitrogens with one attached hydrogen (secondary N) is 2. The summed E-state index contributed by atoms with van der Waals surface area (Å²) < 4.78 is 27.9. The summed E-state index contributed by atoms with van der Waals surface area (Å²) in [6.07, 6.45) is 0.353. The molecule has 1 aromatic rings. The molecule has 0 radical (unpaired) electrons. The van der Waals surface area contributed by atoms with Crippen LogP contribution >= 0.6 is 0 Å². The van der Waals surface area contributed by atoms with Crippen LogP contribution in [0.1, 0.15) is 6.42 Å². The second-order valence-corrected chi connectivity index (χ2v) is 3.25. The Morgan fingerprint density at radius 3 is 2.53 bits per heavy atom. The van der Waals surface area contributed by atoms with Gasteiger partial charge in [0.05, 0.1) is 0 Å². The van der Waals surface area contributed by atoms with Gasteiger partial charge in [0.1, 0.15) is 5.75 Å². The third-order valence-corrected chi connectivity index (χ3v) is 2.04. The zero-order valence-corrected chi connectivity index (χ0v) is 9.37. The fourth-order valence-electron chi connectivity index (χ4n) is 1.20. The lowest BCUT2D eigenvalue weighted by molar-refractivity contribution is -0.120. The molecule has 0 atom stereocenters. The highest BCUT2D eigenvalue weighted by Crippen LogP contribution is 2.17. The van der Waals surface area contributed by atoms with Crippen molar-refractivity contribution >= 4 is 11.6 Å². The van der Waals surface area contributed by atoms with E-state index in [1.165, 1.54) is 12.1 Å². The number of hydrogen-bond acceptors (Lipinski definition) is 3. The van der Waals surface area contributed by atoms with Crippen molar-refractivity contribution in [1.82, 2.24) is 5.32 Å². The van der Waals surface area contributed by atoms with Crippen LogP contribution in [0.2, 0.25) is 0 Å². The normalized spacial score (nSPS) is 10.1. The average molecular weight is 244 g/mol. The Kier molecular flexibility index (Phi) is 5.19. The zero-order chi connectivity index (χ0) is 12.7. The molecule has 17 heavy (non-hydrogen) atoms. The van der Waals surface area contributed by atoms with E-state index < -0.39 is 6.61 Å². The lowest BCUT2D eigenvalue weighted by Crippen LogP contribution is -2.20. The van der Waals surface area contributed by atoms with Gasteiger partial charge in [0.2, 0.25) is 5.91 Å². The third-order valence-electron chi connectivity index (χ3n) is 2.04. The molecular weight excluding hydrogens is 230 g/mol. The Labute approximate surface area is 98.0 Å². The van der Waals surface area contributed by atoms with E-state index in [0.29, 0.717) is 13.0 Å². The van der Waals surface area contributed by atoms with Gasteiger partial charge >= 0.3 is 6.61 Å². The Bertz CT molecular complexity index is 355. The number of halogens is 2. The van der Waals surface area contributed by atoms with Crippen LogP contribution in [0.15, 0.2) is 24.3 Å². The molecule has 94 valence electrons. The zero-order valence-electron chi connectivity index (χ0n) is 9.37. The van der Waals surface area contributed by atoms with Crippen molar-refractivity contribution in [1.29, 1.82) is 0 Å². The largest absolute Gasteiger partial charge is 0.435 e. The summed E-state index contributed by atoms with van der Waals surface area (Å²) in [4.78, 5) is 10.9. The number of rotatable bonds is 6. The lowest BCUT2D eigenvalue weighted by atomic mass is 10.3. The van der Waals surface area contributed by atoms with Crippen LogP contribution in [-0.2, 0) is 4.79 Å². The molecular formula is C11H14F2N2O2. The van der Waals surface area contributed by atoms with Gasteiger partial charge < -0.3 is 15.4 Å². The molecule has 0 aliphatic heterocycles. The Morgan fingerprint density at radius 2 is 2.00 bits per heavy atom. The second-order valence-electron chi connectivity index (χ2n) is 3.25. The summed E-state index contributed by atoms with van der Waals surface area (Å²) in [6, 6.07) is 6.10. The molecule has 1 aromatic carbocycles. The van der Waals surface area contributed by atoms with Gasteiger partial charge in [0, 0.05) is 25.7 Å². The summed E-state index contributed by atoms with van der Waals surface area (Å²) in [6.45, 7) is -2.34. The molecule has 2 N–H and O–H groups in total. The highest BCUT2D eigenvalue weighted by molar-refractivity contribution is 5.76. The van der Waals surface area contributed by atoms with Crippen molar-refractivity contribution in [2.75, 3.05) is 18.9 Å². The summed E-state index contributed by atoms with van der Waals surface area (Å²) >= 11 is 0. The minimum Gasteiger partial charge on any atom is -0.435 e. The predicted molar refractivity (Wildman–Crippen MR) is 60.2 cm³/mol. The number of benzene rings is 1. The van der Waals surface area contributed by atoms with Crippen LogP contribution in [0.4, 0.5) is 14.5 Å². The van der Waals surface area contributed by atoms with E-state index in [1.807, 2.05) is 0 Å². The van der Waals surface area contributed by atoms with Gasteiger partial charge in [-0.05, 0) is 24.3 Å². The lowest BCUT2D eigenvalue weighted by Gasteiger charge is -2.07. The minimum atomic E-state index is -2.82. The molecule has 1 rings (SSSR count). The summed E-state index contributed by atoms with van der Waals surface area (Å²) in [5.74, 6) is 0.0482. The molecule has 0 aliphatic carbocycles. The number of carbonyl (C=O) groups is 1. The monoisotopic (exact) mass is 244 g/mol. The van der Waals surface area contributed by atoms with Gasteiger partial charge in [-0.3, -0.25) is 4.79 Å². The van der Waals surface area contributed by atoms with E-state index in [0.717, 1.165) is 5.69 Å². The topological polar surface area (TPSA) is 50.4 Å². The molecule has 0 aromatic heterocycles. The standard InChI is InChI=1S/C11H14F2N2O2/c1-14-10(16)6-7-15-8-2-4-9(5-3-8)17-11(12)13/h2-5,11,15H,6-7H2,1H3,(H,14,16). The average Bonchev–Trinajstić information content (AvgIpc) is 2.30. The second kappa shape index (κ2) is 6.67. The van der Waals surface area contributed by atoms with Crippen molar-refractivity contribution in [3.05, 3.63) is 24.3 Å². The number of amides is 1. The SMILES string of the molecule is CNC(=O)CCNc1ccc(OC(F)F)cc1. The molecule has 0 aliphatic rings. The number of alkyl halides is 2. The van der Waals surface area contributed by atoms with Crippen LogP contribution in [0.5, 0.6) is 5.75 Å². The molecule has 6 heteroatoms. The van der Waals surface area contributed by atoms with E-state index in [9.17, 15) is 13.6 Å². The van der Waals surface area contributed by atoms with E-state index in [4.69, 9.17) is 0 Å². The molecule has 0 bridgehead atoms. The van der Waals surface area contributed by atoms with Crippen molar-refractivity contribution in [3.8, 4) is 5.75 Å². The first-order valence-corrected chi connectivity index (χ1v) is 5.11. The Balaban J connectivity index is 2.37. The fourth-order valence-corrected chi connectivity index (χ4v) is 1.20. The van der Waals surface area contributed by atoms with Crippen molar-refractivity contribution in [3.63, 3.8) is 0 Å². The molecule has 0 saturated carbocycles. The summed E-state index contributed by atoms with van der Waals surface area (Å²) in [5.41, 5.74) is 0.746. The van der Waals surface area contributed by atoms with E-state index in [1.54, 1.807) is 19.2 Å². The van der Waals surface area contributed by atoms with Gasteiger partial charge in [0.25, 0.3) is 0 Å². The van der Waals surface area contributed by atoms with Crippen molar-refractivity contribution in [2.45, 2.75) is 13.0 Å². The molecule has 0 fully saturated rings. The number of ether oxygens (including phenoxy) is 1. The van der Waals surface area contributed by atoms with Crippen LogP contribution in [0, 0.1) is 0 Å². The molecule has 0 spiro atoms. The quantitative estimate of drug-likeness (QED) is 0.802. The van der Waals surface area contributed by atoms with Gasteiger partial charge in [0.15, 0.2) is 0 Å². The fraction of sp³-hybridized carbons (Fsp3) is 0.364. The first-order chi connectivity index (χ1) is 8.11. The van der Waals surface area contributed by atoms with Gasteiger partial charge in [-0.1, -0.05) is 0 Å². The first kappa shape index (κ1) is 13.2. The predicted octanol–water partition coefficient (Wildman–Crippen LogP) is 1.84. The van der Waals surface area contributed by atoms with Gasteiger partial charge in [-0.2, -0.15) is 8.78 Å². The third kappa shape index (κ3) is 5.14. The smallest absolute Gasteiger partial charge is 0.387 e. The van der Waals surface area contributed by atoms with Crippen molar-refractivity contribution in [2.24, 2.45) is 0 Å². The molecule has 4 nitrogen and oxygen atoms in total. The molecule has 0 heterocycles. The number of anilines is 1. The number of hydrogen-bond donors (Lipinski definition) is 2. The van der Waals surface area contributed by atoms with E-state index in [2.05, 4.69) is 15.4 Å². The Hall–Kier alpha value is -1.85. The number of carbonyl (C=O) groups excluding carboxylic acids is 1. The van der Waals surface area contributed by atoms with E-state index in [-0.39, 0.29) is 11.7 Å². The first-order valence-electron chi connectivity index (χ1n) is 5.11. The highest BCUT2D eigenvalue weighted by Gasteiger charge is 2.03. The van der Waals surface area contributed by atoms with Crippen LogP contribution in [0.25, 0.3) is 0 Å². The molecule has 0 unspecified atom stereocenters. The molecule has 1 amide bonds. The van der Waals surface area contributed by atoms with Crippen LogP contribution < -0.4 is 15.4 Å².